The lowest BCUT2D eigenvalue weighted by Crippen LogP contribution is -2.24. The van der Waals surface area contributed by atoms with Crippen LogP contribution in [0.3, 0.4) is 0 Å². The van der Waals surface area contributed by atoms with Gasteiger partial charge in [-0.15, -0.1) is 0 Å². The van der Waals surface area contributed by atoms with Crippen molar-refractivity contribution in [1.29, 1.82) is 0 Å². The van der Waals surface area contributed by atoms with E-state index in [9.17, 15) is 18.0 Å². The van der Waals surface area contributed by atoms with Crippen LogP contribution in [0.25, 0.3) is 0 Å². The van der Waals surface area contributed by atoms with Gasteiger partial charge in [-0.2, -0.15) is 18.3 Å². The first-order chi connectivity index (χ1) is 10.2. The summed E-state index contributed by atoms with van der Waals surface area (Å²) in [5.41, 5.74) is -0.985. The van der Waals surface area contributed by atoms with Gasteiger partial charge in [-0.3, -0.25) is 9.48 Å². The molecule has 0 saturated heterocycles. The topological polar surface area (TPSA) is 46.9 Å². The van der Waals surface area contributed by atoms with Gasteiger partial charge >= 0.3 is 6.18 Å². The average Bonchev–Trinajstić information content (AvgIpc) is 2.85. The molecule has 1 amide bonds. The van der Waals surface area contributed by atoms with Gasteiger partial charge < -0.3 is 5.32 Å². The highest BCUT2D eigenvalue weighted by Crippen LogP contribution is 2.36. The molecular weight excluding hydrogens is 387 g/mol. The number of nitrogens with one attached hydrogen (secondary N) is 1. The molecule has 1 unspecified atom stereocenters. The van der Waals surface area contributed by atoms with Gasteiger partial charge in [-0.25, -0.2) is 0 Å². The van der Waals surface area contributed by atoms with Crippen LogP contribution in [-0.4, -0.2) is 15.7 Å². The standard InChI is InChI=1S/C13H10BrClF3N3O/c1-7(21-6-8(14)5-19-21)12(22)20-9-2-3-11(15)10(4-9)13(16,17)18/h2-7H,1H3,(H,20,22). The van der Waals surface area contributed by atoms with Gasteiger partial charge in [-0.1, -0.05) is 11.6 Å². The quantitative estimate of drug-likeness (QED) is 0.829. The number of anilines is 1. The molecule has 0 aliphatic heterocycles. The Morgan fingerprint density at radius 2 is 2.14 bits per heavy atom. The number of rotatable bonds is 3. The Balaban J connectivity index is 2.18. The van der Waals surface area contributed by atoms with Gasteiger partial charge in [0.15, 0.2) is 0 Å². The highest BCUT2D eigenvalue weighted by Gasteiger charge is 2.33. The predicted molar refractivity (Wildman–Crippen MR) is 79.7 cm³/mol. The minimum absolute atomic E-state index is 0.0137. The van der Waals surface area contributed by atoms with Crippen molar-refractivity contribution < 1.29 is 18.0 Å². The number of alkyl halides is 3. The van der Waals surface area contributed by atoms with Gasteiger partial charge in [0.1, 0.15) is 6.04 Å². The number of carbonyl (C=O) groups excluding carboxylic acids is 1. The number of carbonyl (C=O) groups is 1. The van der Waals surface area contributed by atoms with Crippen LogP contribution in [0, 0.1) is 0 Å². The Kier molecular flexibility index (Phi) is 4.81. The molecule has 0 radical (unpaired) electrons. The molecule has 0 fully saturated rings. The first kappa shape index (κ1) is 16.8. The van der Waals surface area contributed by atoms with Crippen LogP contribution < -0.4 is 5.32 Å². The molecule has 2 rings (SSSR count). The minimum Gasteiger partial charge on any atom is -0.324 e. The van der Waals surface area contributed by atoms with Gasteiger partial charge in [-0.05, 0) is 41.1 Å². The molecule has 0 spiro atoms. The fraction of sp³-hybridized carbons (Fsp3) is 0.231. The zero-order chi connectivity index (χ0) is 16.5. The Morgan fingerprint density at radius 1 is 1.45 bits per heavy atom. The van der Waals surface area contributed by atoms with Crippen molar-refractivity contribution in [1.82, 2.24) is 9.78 Å². The summed E-state index contributed by atoms with van der Waals surface area (Å²) in [6, 6.07) is 2.51. The first-order valence-electron chi connectivity index (χ1n) is 6.06. The molecular formula is C13H10BrClF3N3O. The van der Waals surface area contributed by atoms with Gasteiger partial charge in [0, 0.05) is 11.9 Å². The van der Waals surface area contributed by atoms with Crippen LogP contribution in [-0.2, 0) is 11.0 Å². The molecule has 1 aromatic heterocycles. The fourth-order valence-corrected chi connectivity index (χ4v) is 2.24. The van der Waals surface area contributed by atoms with Crippen LogP contribution in [0.4, 0.5) is 18.9 Å². The highest BCUT2D eigenvalue weighted by molar-refractivity contribution is 9.10. The zero-order valence-electron chi connectivity index (χ0n) is 11.2. The number of nitrogens with zero attached hydrogens (tertiary/aromatic N) is 2. The maximum absolute atomic E-state index is 12.8. The van der Waals surface area contributed by atoms with Gasteiger partial charge in [0.2, 0.25) is 5.91 Å². The molecule has 1 N–H and O–H groups in total. The maximum Gasteiger partial charge on any atom is 0.417 e. The lowest BCUT2D eigenvalue weighted by molar-refractivity contribution is -0.137. The van der Waals surface area contributed by atoms with Crippen LogP contribution in [0.5, 0.6) is 0 Å². The lowest BCUT2D eigenvalue weighted by Gasteiger charge is -2.15. The van der Waals surface area contributed by atoms with Crippen molar-refractivity contribution in [3.8, 4) is 0 Å². The zero-order valence-corrected chi connectivity index (χ0v) is 13.5. The smallest absolute Gasteiger partial charge is 0.324 e. The summed E-state index contributed by atoms with van der Waals surface area (Å²) in [5, 5.41) is 5.95. The number of hydrogen-bond donors (Lipinski definition) is 1. The molecule has 0 saturated carbocycles. The Bertz CT molecular complexity index is 702. The molecule has 118 valence electrons. The first-order valence-corrected chi connectivity index (χ1v) is 7.23. The summed E-state index contributed by atoms with van der Waals surface area (Å²) in [5.74, 6) is -0.494. The Labute approximate surface area is 137 Å². The summed E-state index contributed by atoms with van der Waals surface area (Å²) >= 11 is 8.73. The Hall–Kier alpha value is -1.54. The second-order valence-corrected chi connectivity index (χ2v) is 5.82. The van der Waals surface area contributed by atoms with E-state index in [0.29, 0.717) is 4.47 Å². The molecule has 0 aliphatic rings. The number of hydrogen-bond acceptors (Lipinski definition) is 2. The SMILES string of the molecule is CC(C(=O)Nc1ccc(Cl)c(C(F)(F)F)c1)n1cc(Br)cn1. The third kappa shape index (κ3) is 3.80. The van der Waals surface area contributed by atoms with E-state index in [4.69, 9.17) is 11.6 Å². The van der Waals surface area contributed by atoms with Crippen LogP contribution in [0.1, 0.15) is 18.5 Å². The fourth-order valence-electron chi connectivity index (χ4n) is 1.71. The van der Waals surface area contributed by atoms with Crippen molar-refractivity contribution in [2.75, 3.05) is 5.32 Å². The van der Waals surface area contributed by atoms with Crippen LogP contribution in [0.2, 0.25) is 5.02 Å². The molecule has 4 nitrogen and oxygen atoms in total. The normalized spacial score (nSPS) is 13.0. The molecule has 0 bridgehead atoms. The summed E-state index contributed by atoms with van der Waals surface area (Å²) in [7, 11) is 0. The number of halogens is 5. The summed E-state index contributed by atoms with van der Waals surface area (Å²) in [6.45, 7) is 1.58. The third-order valence-electron chi connectivity index (χ3n) is 2.89. The summed E-state index contributed by atoms with van der Waals surface area (Å²) in [4.78, 5) is 12.1. The average molecular weight is 397 g/mol. The van der Waals surface area contributed by atoms with Crippen molar-refractivity contribution >= 4 is 39.1 Å². The molecule has 22 heavy (non-hydrogen) atoms. The van der Waals surface area contributed by atoms with Crippen molar-refractivity contribution in [3.05, 3.63) is 45.7 Å². The van der Waals surface area contributed by atoms with E-state index in [1.54, 1.807) is 13.1 Å². The van der Waals surface area contributed by atoms with E-state index >= 15 is 0 Å². The van der Waals surface area contributed by atoms with E-state index < -0.39 is 28.7 Å². The number of aromatic nitrogens is 2. The van der Waals surface area contributed by atoms with E-state index in [-0.39, 0.29) is 5.69 Å². The van der Waals surface area contributed by atoms with Crippen LogP contribution >= 0.6 is 27.5 Å². The van der Waals surface area contributed by atoms with E-state index in [1.165, 1.54) is 16.9 Å². The third-order valence-corrected chi connectivity index (χ3v) is 3.62. The lowest BCUT2D eigenvalue weighted by atomic mass is 10.2. The number of amides is 1. The number of benzene rings is 1. The maximum atomic E-state index is 12.8. The molecule has 9 heteroatoms. The minimum atomic E-state index is -4.59. The van der Waals surface area contributed by atoms with Gasteiger partial charge in [0.25, 0.3) is 0 Å². The Morgan fingerprint density at radius 3 is 2.68 bits per heavy atom. The van der Waals surface area contributed by atoms with Crippen LogP contribution in [0.15, 0.2) is 35.1 Å². The molecule has 0 aliphatic carbocycles. The molecule has 1 heterocycles. The molecule has 1 aromatic carbocycles. The highest BCUT2D eigenvalue weighted by atomic mass is 79.9. The monoisotopic (exact) mass is 395 g/mol. The second kappa shape index (κ2) is 6.29. The second-order valence-electron chi connectivity index (χ2n) is 4.50. The van der Waals surface area contributed by atoms with Crippen molar-refractivity contribution in [2.24, 2.45) is 0 Å². The summed E-state index contributed by atoms with van der Waals surface area (Å²) in [6.07, 6.45) is -1.49. The van der Waals surface area contributed by atoms with Crippen molar-refractivity contribution in [2.45, 2.75) is 19.1 Å². The van der Waals surface area contributed by atoms with E-state index in [2.05, 4.69) is 26.3 Å². The van der Waals surface area contributed by atoms with E-state index in [0.717, 1.165) is 12.1 Å². The molecule has 2 aromatic rings. The molecule has 1 atom stereocenters. The van der Waals surface area contributed by atoms with Gasteiger partial charge in [0.05, 0.1) is 21.3 Å². The van der Waals surface area contributed by atoms with Crippen molar-refractivity contribution in [3.63, 3.8) is 0 Å². The largest absolute Gasteiger partial charge is 0.417 e. The van der Waals surface area contributed by atoms with E-state index in [1.807, 2.05) is 0 Å². The summed E-state index contributed by atoms with van der Waals surface area (Å²) < 4.78 is 40.4. The predicted octanol–water partition coefficient (Wildman–Crippen LogP) is 4.52.